The molecule has 0 aliphatic carbocycles. The Hall–Kier alpha value is -2.26. The van der Waals surface area contributed by atoms with E-state index in [-0.39, 0.29) is 11.9 Å². The summed E-state index contributed by atoms with van der Waals surface area (Å²) < 4.78 is 12.2. The maximum atomic E-state index is 12.3. The Morgan fingerprint density at radius 3 is 2.89 bits per heavy atom. The van der Waals surface area contributed by atoms with Crippen molar-refractivity contribution in [2.75, 3.05) is 13.7 Å². The highest BCUT2D eigenvalue weighted by molar-refractivity contribution is 5.91. The van der Waals surface area contributed by atoms with Crippen LogP contribution in [0.4, 0.5) is 0 Å². The number of carbonyl (C=O) groups excluding carboxylic acids is 1. The summed E-state index contributed by atoms with van der Waals surface area (Å²) in [4.78, 5) is 14.8. The summed E-state index contributed by atoms with van der Waals surface area (Å²) in [6.07, 6.45) is 6.94. The second-order valence-corrected chi connectivity index (χ2v) is 7.34. The summed E-state index contributed by atoms with van der Waals surface area (Å²) >= 11 is 0. The summed E-state index contributed by atoms with van der Waals surface area (Å²) in [5, 5.41) is 15.3. The number of methoxy groups -OCH3 is 1. The van der Waals surface area contributed by atoms with Crippen molar-refractivity contribution in [2.24, 2.45) is 0 Å². The molecule has 4 rings (SSSR count). The molecule has 9 nitrogen and oxygen atoms in total. The summed E-state index contributed by atoms with van der Waals surface area (Å²) in [5.74, 6) is 1.13. The van der Waals surface area contributed by atoms with Gasteiger partial charge in [0.15, 0.2) is 11.6 Å². The molecular weight excluding hydrogens is 348 g/mol. The smallest absolute Gasteiger partial charge is 0.287 e. The van der Waals surface area contributed by atoms with Gasteiger partial charge >= 0.3 is 0 Å². The fourth-order valence-corrected chi connectivity index (χ4v) is 4.37. The average molecular weight is 374 g/mol. The zero-order valence-corrected chi connectivity index (χ0v) is 15.6. The molecule has 2 aromatic rings. The van der Waals surface area contributed by atoms with Gasteiger partial charge in [0.05, 0.1) is 26.0 Å². The van der Waals surface area contributed by atoms with E-state index in [4.69, 9.17) is 9.15 Å². The Balaban J connectivity index is 1.40. The molecule has 0 saturated carbocycles. The zero-order chi connectivity index (χ0) is 18.6. The van der Waals surface area contributed by atoms with Crippen LogP contribution in [-0.2, 0) is 17.8 Å². The molecule has 2 bridgehead atoms. The number of tetrazole rings is 1. The molecule has 27 heavy (non-hydrogen) atoms. The van der Waals surface area contributed by atoms with Crippen LogP contribution in [0.1, 0.15) is 48.5 Å². The second-order valence-electron chi connectivity index (χ2n) is 7.34. The van der Waals surface area contributed by atoms with Crippen LogP contribution in [0.3, 0.4) is 0 Å². The molecule has 2 fully saturated rings. The van der Waals surface area contributed by atoms with Gasteiger partial charge in [0, 0.05) is 25.2 Å². The van der Waals surface area contributed by atoms with E-state index in [1.54, 1.807) is 19.2 Å². The number of nitrogens with zero attached hydrogens (tertiary/aromatic N) is 5. The molecular formula is C18H26N6O3. The first-order valence-electron chi connectivity index (χ1n) is 9.58. The number of hydrogen-bond acceptors (Lipinski definition) is 7. The first-order valence-corrected chi connectivity index (χ1v) is 9.58. The van der Waals surface area contributed by atoms with Gasteiger partial charge in [-0.25, -0.2) is 4.68 Å². The number of furan rings is 1. The van der Waals surface area contributed by atoms with Crippen LogP contribution in [0, 0.1) is 0 Å². The first-order chi connectivity index (χ1) is 13.2. The largest absolute Gasteiger partial charge is 0.459 e. The van der Waals surface area contributed by atoms with E-state index in [1.807, 2.05) is 4.68 Å². The number of hydrogen-bond donors (Lipinski definition) is 1. The fraction of sp³-hybridized carbons (Fsp3) is 0.667. The summed E-state index contributed by atoms with van der Waals surface area (Å²) in [7, 11) is 1.68. The van der Waals surface area contributed by atoms with Crippen LogP contribution in [-0.4, -0.2) is 62.9 Å². The zero-order valence-electron chi connectivity index (χ0n) is 15.6. The van der Waals surface area contributed by atoms with Crippen LogP contribution in [0.15, 0.2) is 22.8 Å². The number of aromatic nitrogens is 4. The fourth-order valence-electron chi connectivity index (χ4n) is 4.37. The normalized spacial score (nSPS) is 25.4. The number of nitrogens with one attached hydrogen (secondary N) is 1. The minimum Gasteiger partial charge on any atom is -0.459 e. The van der Waals surface area contributed by atoms with Crippen molar-refractivity contribution in [3.63, 3.8) is 0 Å². The van der Waals surface area contributed by atoms with E-state index in [2.05, 4.69) is 25.7 Å². The van der Waals surface area contributed by atoms with E-state index >= 15 is 0 Å². The van der Waals surface area contributed by atoms with E-state index < -0.39 is 0 Å². The van der Waals surface area contributed by atoms with Crippen LogP contribution in [0.5, 0.6) is 0 Å². The van der Waals surface area contributed by atoms with Crippen molar-refractivity contribution in [3.8, 4) is 0 Å². The van der Waals surface area contributed by atoms with Gasteiger partial charge in [-0.1, -0.05) is 6.42 Å². The Morgan fingerprint density at radius 1 is 1.37 bits per heavy atom. The van der Waals surface area contributed by atoms with Crippen LogP contribution >= 0.6 is 0 Å². The number of fused-ring (bicyclic) bond motifs is 2. The number of amides is 1. The molecule has 0 aromatic carbocycles. The number of carbonyl (C=O) groups is 1. The molecule has 0 radical (unpaired) electrons. The van der Waals surface area contributed by atoms with Crippen molar-refractivity contribution in [1.29, 1.82) is 0 Å². The predicted molar refractivity (Wildman–Crippen MR) is 95.9 cm³/mol. The highest BCUT2D eigenvalue weighted by Crippen LogP contribution is 2.35. The van der Waals surface area contributed by atoms with Crippen molar-refractivity contribution < 1.29 is 13.9 Å². The molecule has 0 spiro atoms. The van der Waals surface area contributed by atoms with Crippen LogP contribution in [0.25, 0.3) is 0 Å². The van der Waals surface area contributed by atoms with Crippen molar-refractivity contribution in [1.82, 2.24) is 30.4 Å². The minimum atomic E-state index is -0.125. The lowest BCUT2D eigenvalue weighted by molar-refractivity contribution is 0.0142. The molecule has 2 aliphatic heterocycles. The SMILES string of the molecule is COCCn1nnnc1CN1[C@@H]2CCC[C@H]1CC(NC(=O)c1ccco1)C2. The highest BCUT2D eigenvalue weighted by Gasteiger charge is 2.39. The van der Waals surface area contributed by atoms with Gasteiger partial charge in [0.25, 0.3) is 5.91 Å². The lowest BCUT2D eigenvalue weighted by Gasteiger charge is -2.48. The highest BCUT2D eigenvalue weighted by atomic mass is 16.5. The Bertz CT molecular complexity index is 732. The quantitative estimate of drug-likeness (QED) is 0.778. The molecule has 1 unspecified atom stereocenters. The number of piperidine rings is 2. The van der Waals surface area contributed by atoms with Crippen molar-refractivity contribution in [3.05, 3.63) is 30.0 Å². The second kappa shape index (κ2) is 8.18. The molecule has 3 atom stereocenters. The monoisotopic (exact) mass is 374 g/mol. The Morgan fingerprint density at radius 2 is 2.19 bits per heavy atom. The predicted octanol–water partition coefficient (Wildman–Crippen LogP) is 1.23. The van der Waals surface area contributed by atoms with Crippen molar-refractivity contribution >= 4 is 5.91 Å². The van der Waals surface area contributed by atoms with E-state index in [0.29, 0.717) is 31.0 Å². The number of ether oxygens (including phenoxy) is 1. The van der Waals surface area contributed by atoms with Crippen molar-refractivity contribution in [2.45, 2.75) is 63.3 Å². The number of rotatable bonds is 7. The van der Waals surface area contributed by atoms with Gasteiger partial charge in [-0.3, -0.25) is 9.69 Å². The van der Waals surface area contributed by atoms with Gasteiger partial charge in [-0.05, 0) is 48.2 Å². The average Bonchev–Trinajstić information content (AvgIpc) is 3.32. The third kappa shape index (κ3) is 4.03. The third-order valence-electron chi connectivity index (χ3n) is 5.64. The molecule has 2 aromatic heterocycles. The van der Waals surface area contributed by atoms with Gasteiger partial charge < -0.3 is 14.5 Å². The van der Waals surface area contributed by atoms with Gasteiger partial charge in [0.1, 0.15) is 0 Å². The summed E-state index contributed by atoms with van der Waals surface area (Å²) in [5.41, 5.74) is 0. The van der Waals surface area contributed by atoms with Crippen LogP contribution in [0.2, 0.25) is 0 Å². The molecule has 146 valence electrons. The Kier molecular flexibility index (Phi) is 5.49. The van der Waals surface area contributed by atoms with E-state index in [1.165, 1.54) is 12.7 Å². The maximum Gasteiger partial charge on any atom is 0.287 e. The molecule has 1 amide bonds. The third-order valence-corrected chi connectivity index (χ3v) is 5.64. The topological polar surface area (TPSA) is 98.3 Å². The lowest BCUT2D eigenvalue weighted by atomic mass is 9.81. The first kappa shape index (κ1) is 18.1. The van der Waals surface area contributed by atoms with Gasteiger partial charge in [-0.15, -0.1) is 5.10 Å². The maximum absolute atomic E-state index is 12.3. The standard InChI is InChI=1S/C18H26N6O3/c1-26-9-7-24-17(20-21-22-24)12-23-14-4-2-5-15(23)11-13(10-14)19-18(25)16-6-3-8-27-16/h3,6,8,13-15H,2,4-5,7,9-12H2,1H3,(H,19,25)/t13?,14-,15+. The minimum absolute atomic E-state index is 0.125. The summed E-state index contributed by atoms with van der Waals surface area (Å²) in [6, 6.07) is 4.49. The van der Waals surface area contributed by atoms with Crippen LogP contribution < -0.4 is 5.32 Å². The lowest BCUT2D eigenvalue weighted by Crippen LogP contribution is -2.56. The summed E-state index contributed by atoms with van der Waals surface area (Å²) in [6.45, 7) is 1.99. The molecule has 1 N–H and O–H groups in total. The Labute approximate surface area is 158 Å². The molecule has 9 heteroatoms. The molecule has 2 saturated heterocycles. The molecule has 4 heterocycles. The van der Waals surface area contributed by atoms with E-state index in [9.17, 15) is 4.79 Å². The van der Waals surface area contributed by atoms with Gasteiger partial charge in [-0.2, -0.15) is 0 Å². The molecule has 2 aliphatic rings. The van der Waals surface area contributed by atoms with Gasteiger partial charge in [0.2, 0.25) is 0 Å². The van der Waals surface area contributed by atoms with E-state index in [0.717, 1.165) is 38.1 Å².